The van der Waals surface area contributed by atoms with Crippen molar-refractivity contribution in [2.24, 2.45) is 11.7 Å². The Hall–Kier alpha value is -2.93. The average molecular weight is 393 g/mol. The minimum Gasteiger partial charge on any atom is -0.362 e. The number of carbonyl (C=O) groups excluding carboxylic acids is 1. The fourth-order valence-corrected chi connectivity index (χ4v) is 3.89. The van der Waals surface area contributed by atoms with Crippen molar-refractivity contribution in [2.45, 2.75) is 25.3 Å². The van der Waals surface area contributed by atoms with Gasteiger partial charge in [-0.15, -0.1) is 0 Å². The van der Waals surface area contributed by atoms with Crippen molar-refractivity contribution in [3.8, 4) is 11.1 Å². The monoisotopic (exact) mass is 393 g/mol. The average Bonchev–Trinajstić information content (AvgIpc) is 3.44. The first-order valence-electron chi connectivity index (χ1n) is 10.2. The maximum absolute atomic E-state index is 12.7. The summed E-state index contributed by atoms with van der Waals surface area (Å²) in [6.45, 7) is 2.53. The molecule has 0 aromatic carbocycles. The molecule has 7 heteroatoms. The Labute approximate surface area is 170 Å². The molecule has 2 fully saturated rings. The molecule has 1 saturated carbocycles. The van der Waals surface area contributed by atoms with Gasteiger partial charge in [-0.3, -0.25) is 14.6 Å². The third kappa shape index (κ3) is 4.56. The molecule has 2 aromatic heterocycles. The van der Waals surface area contributed by atoms with Gasteiger partial charge in [0, 0.05) is 62.5 Å². The minimum absolute atomic E-state index is 0.0104. The van der Waals surface area contributed by atoms with Crippen molar-refractivity contribution in [1.29, 1.82) is 0 Å². The molecular formula is C22H27N5O2. The topological polar surface area (TPSA) is 95.3 Å². The summed E-state index contributed by atoms with van der Waals surface area (Å²) in [5.74, 6) is 0.615. The van der Waals surface area contributed by atoms with Crippen LogP contribution in [0.1, 0.15) is 19.3 Å². The van der Waals surface area contributed by atoms with Gasteiger partial charge in [0.1, 0.15) is 5.69 Å². The first-order chi connectivity index (χ1) is 14.2. The van der Waals surface area contributed by atoms with E-state index in [0.717, 1.165) is 24.1 Å². The maximum atomic E-state index is 12.7. The molecule has 2 aliphatic rings. The Kier molecular flexibility index (Phi) is 5.76. The van der Waals surface area contributed by atoms with Crippen LogP contribution in [0.3, 0.4) is 0 Å². The second-order valence-corrected chi connectivity index (χ2v) is 7.80. The maximum Gasteiger partial charge on any atom is 0.271 e. The highest BCUT2D eigenvalue weighted by molar-refractivity contribution is 5.88. The zero-order valence-electron chi connectivity index (χ0n) is 16.5. The number of nitrogens with two attached hydrogens (primary N) is 1. The SMILES string of the molecule is NCC=CC(=O)N1CCC(N(CC2CC2)c2cc(-c3ccncc3)c[nH]c2=O)C1. The molecular weight excluding hydrogens is 366 g/mol. The fraction of sp³-hybridized carbons (Fsp3) is 0.409. The van der Waals surface area contributed by atoms with E-state index < -0.39 is 0 Å². The number of nitrogens with zero attached hydrogens (tertiary/aromatic N) is 3. The Balaban J connectivity index is 1.60. The predicted octanol–water partition coefficient (Wildman–Crippen LogP) is 1.77. The minimum atomic E-state index is -0.0868. The molecule has 0 radical (unpaired) electrons. The third-order valence-corrected chi connectivity index (χ3v) is 5.67. The molecule has 1 atom stereocenters. The molecule has 2 aromatic rings. The summed E-state index contributed by atoms with van der Waals surface area (Å²) in [7, 11) is 0. The summed E-state index contributed by atoms with van der Waals surface area (Å²) in [4.78, 5) is 36.1. The third-order valence-electron chi connectivity index (χ3n) is 5.67. The van der Waals surface area contributed by atoms with Crippen LogP contribution in [0.2, 0.25) is 0 Å². The number of nitrogens with one attached hydrogen (secondary N) is 1. The van der Waals surface area contributed by atoms with Gasteiger partial charge in [0.15, 0.2) is 0 Å². The number of carbonyl (C=O) groups is 1. The molecule has 4 rings (SSSR count). The van der Waals surface area contributed by atoms with Crippen LogP contribution in [0.5, 0.6) is 0 Å². The van der Waals surface area contributed by atoms with Crippen molar-refractivity contribution in [2.75, 3.05) is 31.1 Å². The van der Waals surface area contributed by atoms with Crippen molar-refractivity contribution in [3.05, 3.63) is 59.3 Å². The first-order valence-corrected chi connectivity index (χ1v) is 10.2. The van der Waals surface area contributed by atoms with Gasteiger partial charge in [-0.05, 0) is 48.9 Å². The lowest BCUT2D eigenvalue weighted by atomic mass is 10.1. The lowest BCUT2D eigenvalue weighted by molar-refractivity contribution is -0.125. The molecule has 1 unspecified atom stereocenters. The van der Waals surface area contributed by atoms with E-state index in [0.29, 0.717) is 31.2 Å². The molecule has 3 heterocycles. The summed E-state index contributed by atoms with van der Waals surface area (Å²) in [6.07, 6.45) is 11.7. The highest BCUT2D eigenvalue weighted by Gasteiger charge is 2.34. The molecule has 1 amide bonds. The fourth-order valence-electron chi connectivity index (χ4n) is 3.89. The lowest BCUT2D eigenvalue weighted by Crippen LogP contribution is -2.42. The number of likely N-dealkylation sites (tertiary alicyclic amines) is 1. The van der Waals surface area contributed by atoms with Gasteiger partial charge in [-0.25, -0.2) is 0 Å². The van der Waals surface area contributed by atoms with Gasteiger partial charge in [-0.1, -0.05) is 6.08 Å². The number of H-pyrrole nitrogens is 1. The molecule has 1 aliphatic heterocycles. The van der Waals surface area contributed by atoms with Crippen molar-refractivity contribution in [1.82, 2.24) is 14.9 Å². The number of pyridine rings is 2. The van der Waals surface area contributed by atoms with Crippen LogP contribution in [0, 0.1) is 5.92 Å². The molecule has 1 aliphatic carbocycles. The van der Waals surface area contributed by atoms with Crippen LogP contribution in [-0.4, -0.2) is 53.0 Å². The summed E-state index contributed by atoms with van der Waals surface area (Å²) < 4.78 is 0. The van der Waals surface area contributed by atoms with Crippen molar-refractivity contribution >= 4 is 11.6 Å². The normalized spacial score (nSPS) is 19.1. The zero-order chi connectivity index (χ0) is 20.2. The van der Waals surface area contributed by atoms with E-state index in [1.54, 1.807) is 30.7 Å². The van der Waals surface area contributed by atoms with Gasteiger partial charge in [0.05, 0.1) is 0 Å². The van der Waals surface area contributed by atoms with Crippen LogP contribution in [0.15, 0.2) is 53.7 Å². The van der Waals surface area contributed by atoms with E-state index in [1.807, 2.05) is 23.1 Å². The Morgan fingerprint density at radius 1 is 1.28 bits per heavy atom. The summed E-state index contributed by atoms with van der Waals surface area (Å²) in [5.41, 5.74) is 8.03. The van der Waals surface area contributed by atoms with Crippen LogP contribution in [0.25, 0.3) is 11.1 Å². The molecule has 1 saturated heterocycles. The summed E-state index contributed by atoms with van der Waals surface area (Å²) >= 11 is 0. The molecule has 3 N–H and O–H groups in total. The van der Waals surface area contributed by atoms with Gasteiger partial charge in [0.25, 0.3) is 5.56 Å². The van der Waals surface area contributed by atoms with E-state index in [9.17, 15) is 9.59 Å². The van der Waals surface area contributed by atoms with Crippen LogP contribution in [-0.2, 0) is 4.79 Å². The predicted molar refractivity (Wildman–Crippen MR) is 114 cm³/mol. The van der Waals surface area contributed by atoms with Crippen LogP contribution in [0.4, 0.5) is 5.69 Å². The molecule has 0 spiro atoms. The lowest BCUT2D eigenvalue weighted by Gasteiger charge is -2.31. The van der Waals surface area contributed by atoms with Gasteiger partial charge in [0.2, 0.25) is 5.91 Å². The number of hydrogen-bond acceptors (Lipinski definition) is 5. The van der Waals surface area contributed by atoms with Gasteiger partial charge in [-0.2, -0.15) is 0 Å². The number of aromatic amines is 1. The van der Waals surface area contributed by atoms with Crippen molar-refractivity contribution < 1.29 is 4.79 Å². The number of rotatable bonds is 7. The van der Waals surface area contributed by atoms with Crippen LogP contribution >= 0.6 is 0 Å². The molecule has 0 bridgehead atoms. The summed E-state index contributed by atoms with van der Waals surface area (Å²) in [6, 6.07) is 5.97. The van der Waals surface area contributed by atoms with E-state index in [2.05, 4.69) is 14.9 Å². The second kappa shape index (κ2) is 8.61. The molecule has 7 nitrogen and oxygen atoms in total. The smallest absolute Gasteiger partial charge is 0.271 e. The second-order valence-electron chi connectivity index (χ2n) is 7.80. The highest BCUT2D eigenvalue weighted by Crippen LogP contribution is 2.33. The number of aromatic nitrogens is 2. The number of hydrogen-bond donors (Lipinski definition) is 2. The number of amides is 1. The van der Waals surface area contributed by atoms with E-state index in [-0.39, 0.29) is 17.5 Å². The van der Waals surface area contributed by atoms with Gasteiger partial charge >= 0.3 is 0 Å². The Bertz CT molecular complexity index is 936. The largest absolute Gasteiger partial charge is 0.362 e. The van der Waals surface area contributed by atoms with Crippen molar-refractivity contribution in [3.63, 3.8) is 0 Å². The van der Waals surface area contributed by atoms with E-state index >= 15 is 0 Å². The molecule has 29 heavy (non-hydrogen) atoms. The van der Waals surface area contributed by atoms with E-state index in [1.165, 1.54) is 12.8 Å². The quantitative estimate of drug-likeness (QED) is 0.699. The number of anilines is 1. The Morgan fingerprint density at radius 2 is 2.07 bits per heavy atom. The van der Waals surface area contributed by atoms with Gasteiger partial charge < -0.3 is 20.5 Å². The van der Waals surface area contributed by atoms with E-state index in [4.69, 9.17) is 5.73 Å². The highest BCUT2D eigenvalue weighted by atomic mass is 16.2. The zero-order valence-corrected chi connectivity index (χ0v) is 16.5. The van der Waals surface area contributed by atoms with Crippen LogP contribution < -0.4 is 16.2 Å². The Morgan fingerprint density at radius 3 is 2.79 bits per heavy atom. The standard InChI is InChI=1S/C22H27N5O2/c23-8-1-2-21(28)26-11-7-19(15-26)27(14-16-3-4-16)20-12-18(13-25-22(20)29)17-5-9-24-10-6-17/h1-2,5-6,9-10,12-13,16,19H,3-4,7-8,11,14-15,23H2,(H,25,29). The summed E-state index contributed by atoms with van der Waals surface area (Å²) in [5, 5.41) is 0. The molecule has 152 valence electrons. The first kappa shape index (κ1) is 19.4.